The van der Waals surface area contributed by atoms with Gasteiger partial charge in [0.05, 0.1) is 6.26 Å². The van der Waals surface area contributed by atoms with E-state index in [2.05, 4.69) is 30.9 Å². The minimum absolute atomic E-state index is 0.0226. The number of aliphatic carboxylic acids is 1. The summed E-state index contributed by atoms with van der Waals surface area (Å²) in [5.41, 5.74) is 5.55. The molecular weight excluding hydrogens is 685 g/mol. The lowest BCUT2D eigenvalue weighted by atomic mass is 10.0. The number of hydrogen-bond acceptors (Lipinski definition) is 17. The number of amides is 3. The number of aromatic nitrogens is 2. The van der Waals surface area contributed by atoms with Crippen molar-refractivity contribution in [3.8, 4) is 0 Å². The van der Waals surface area contributed by atoms with Gasteiger partial charge in [0.1, 0.15) is 42.7 Å². The first-order chi connectivity index (χ1) is 22.1. The third kappa shape index (κ3) is 6.76. The van der Waals surface area contributed by atoms with Crippen molar-refractivity contribution in [2.24, 2.45) is 10.3 Å². The van der Waals surface area contributed by atoms with Gasteiger partial charge in [-0.3, -0.25) is 29.4 Å². The van der Waals surface area contributed by atoms with Gasteiger partial charge in [0.25, 0.3) is 22.8 Å². The molecule has 3 aromatic rings. The summed E-state index contributed by atoms with van der Waals surface area (Å²) in [6.07, 6.45) is 1.36. The van der Waals surface area contributed by atoms with Gasteiger partial charge >= 0.3 is 5.97 Å². The van der Waals surface area contributed by atoms with Crippen molar-refractivity contribution < 1.29 is 43.2 Å². The highest BCUT2D eigenvalue weighted by Gasteiger charge is 2.54. The number of fused-ring (bicyclic) bond motifs is 1. The topological polar surface area (TPSA) is 241 Å². The number of thioether (sulfide) groups is 2. The van der Waals surface area contributed by atoms with Gasteiger partial charge in [-0.15, -0.1) is 34.4 Å². The Bertz CT molecular complexity index is 1780. The smallest absolute Gasteiger partial charge is 0.352 e. The number of nitrogens with one attached hydrogen (secondary N) is 2. The van der Waals surface area contributed by atoms with E-state index in [0.717, 1.165) is 39.3 Å². The summed E-state index contributed by atoms with van der Waals surface area (Å²) in [5.74, 6) is -3.15. The molecule has 3 amide bonds. The highest BCUT2D eigenvalue weighted by atomic mass is 32.2. The first-order valence-electron chi connectivity index (χ1n) is 12.7. The molecule has 0 spiro atoms. The quantitative estimate of drug-likeness (QED) is 0.118. The molecule has 0 aromatic carbocycles. The van der Waals surface area contributed by atoms with Gasteiger partial charge in [-0.2, -0.15) is 0 Å². The number of β-lactam (4-membered cyclic amide) rings is 1. The minimum atomic E-state index is -1.33. The number of oxime groups is 2. The van der Waals surface area contributed by atoms with Gasteiger partial charge in [-0.05, 0) is 17.7 Å². The van der Waals surface area contributed by atoms with Crippen LogP contribution in [0.1, 0.15) is 21.9 Å². The summed E-state index contributed by atoms with van der Waals surface area (Å²) in [4.78, 5) is 82.7. The number of nitrogen functional groups attached to an aromatic ring is 1. The summed E-state index contributed by atoms with van der Waals surface area (Å²) in [6, 6.07) is 1.98. The predicted molar refractivity (Wildman–Crippen MR) is 170 cm³/mol. The van der Waals surface area contributed by atoms with E-state index in [1.807, 2.05) is 0 Å². The zero-order valence-electron chi connectivity index (χ0n) is 23.6. The van der Waals surface area contributed by atoms with Gasteiger partial charge in [0.15, 0.2) is 27.4 Å². The minimum Gasteiger partial charge on any atom is -0.477 e. The Hall–Kier alpha value is -4.73. The number of furan rings is 1. The Morgan fingerprint density at radius 2 is 1.83 bits per heavy atom. The highest BCUT2D eigenvalue weighted by Crippen LogP contribution is 2.41. The molecule has 46 heavy (non-hydrogen) atoms. The van der Waals surface area contributed by atoms with Crippen LogP contribution < -0.4 is 16.4 Å². The van der Waals surface area contributed by atoms with Crippen LogP contribution in [0, 0.1) is 0 Å². The number of carboxylic acid groups (broad SMARTS) is 1. The molecule has 3 aromatic heterocycles. The lowest BCUT2D eigenvalue weighted by Gasteiger charge is -2.49. The van der Waals surface area contributed by atoms with E-state index >= 15 is 0 Å². The van der Waals surface area contributed by atoms with Gasteiger partial charge < -0.3 is 30.2 Å². The van der Waals surface area contributed by atoms with E-state index in [0.29, 0.717) is 5.57 Å². The molecule has 1 saturated heterocycles. The van der Waals surface area contributed by atoms with Crippen LogP contribution >= 0.6 is 46.2 Å². The molecular formula is C25H22N8O9S4. The van der Waals surface area contributed by atoms with Gasteiger partial charge in [-0.25, -0.2) is 14.8 Å². The number of nitrogens with two attached hydrogens (primary N) is 1. The monoisotopic (exact) mass is 706 g/mol. The van der Waals surface area contributed by atoms with E-state index < -0.39 is 35.1 Å². The molecule has 17 nitrogen and oxygen atoms in total. The summed E-state index contributed by atoms with van der Waals surface area (Å²) >= 11 is 4.18. The zero-order chi connectivity index (χ0) is 33.0. The summed E-state index contributed by atoms with van der Waals surface area (Å²) in [7, 11) is 2.47. The fourth-order valence-corrected chi connectivity index (χ4v) is 7.72. The van der Waals surface area contributed by atoms with E-state index in [1.54, 1.807) is 6.07 Å². The Balaban J connectivity index is 1.26. The van der Waals surface area contributed by atoms with Crippen LogP contribution in [0.5, 0.6) is 0 Å². The van der Waals surface area contributed by atoms with Crippen molar-refractivity contribution in [1.82, 2.24) is 20.2 Å². The molecule has 21 heteroatoms. The van der Waals surface area contributed by atoms with Crippen LogP contribution in [0.25, 0.3) is 0 Å². The summed E-state index contributed by atoms with van der Waals surface area (Å²) in [6.45, 7) is 0. The van der Waals surface area contributed by atoms with Crippen LogP contribution in [-0.2, 0) is 28.9 Å². The Morgan fingerprint density at radius 1 is 1.13 bits per heavy atom. The number of carbonyl (C=O) groups excluding carboxylic acids is 4. The lowest BCUT2D eigenvalue weighted by molar-refractivity contribution is -0.150. The van der Waals surface area contributed by atoms with Gasteiger partial charge in [0, 0.05) is 22.3 Å². The second-order valence-electron chi connectivity index (χ2n) is 8.98. The Labute approximate surface area is 275 Å². The molecule has 0 saturated carbocycles. The fraction of sp³-hybridized carbons (Fsp3) is 0.240. The van der Waals surface area contributed by atoms with Crippen LogP contribution in [0.15, 0.2) is 55.2 Å². The molecule has 5 N–H and O–H groups in total. The normalized spacial score (nSPS) is 18.0. The maximum atomic E-state index is 13.3. The highest BCUT2D eigenvalue weighted by molar-refractivity contribution is 8.14. The largest absolute Gasteiger partial charge is 0.477 e. The van der Waals surface area contributed by atoms with Crippen molar-refractivity contribution in [2.45, 2.75) is 11.4 Å². The molecule has 240 valence electrons. The number of thiazole rings is 2. The Morgan fingerprint density at radius 3 is 2.46 bits per heavy atom. The third-order valence-electron chi connectivity index (χ3n) is 6.16. The van der Waals surface area contributed by atoms with Gasteiger partial charge in [0.2, 0.25) is 0 Å². The van der Waals surface area contributed by atoms with Crippen molar-refractivity contribution in [3.63, 3.8) is 0 Å². The van der Waals surface area contributed by atoms with E-state index in [4.69, 9.17) is 19.8 Å². The fourth-order valence-electron chi connectivity index (χ4n) is 4.21. The number of anilines is 2. The van der Waals surface area contributed by atoms with Gasteiger partial charge in [-0.1, -0.05) is 22.1 Å². The number of rotatable bonds is 12. The zero-order valence-corrected chi connectivity index (χ0v) is 26.9. The molecule has 0 bridgehead atoms. The first-order valence-corrected chi connectivity index (χ1v) is 16.5. The average Bonchev–Trinajstić information content (AvgIpc) is 3.82. The van der Waals surface area contributed by atoms with Crippen molar-refractivity contribution in [1.29, 1.82) is 0 Å². The molecule has 0 aliphatic carbocycles. The van der Waals surface area contributed by atoms with Crippen molar-refractivity contribution in [2.75, 3.05) is 36.8 Å². The Kier molecular flexibility index (Phi) is 10.0. The lowest BCUT2D eigenvalue weighted by Crippen LogP contribution is -2.71. The molecule has 2 atom stereocenters. The number of carboxylic acids is 1. The summed E-state index contributed by atoms with van der Waals surface area (Å²) in [5, 5.41) is 24.7. The third-order valence-corrected chi connectivity index (χ3v) is 9.89. The predicted octanol–water partition coefficient (Wildman–Crippen LogP) is 1.43. The number of carbonyl (C=O) groups is 5. The van der Waals surface area contributed by atoms with Crippen LogP contribution in [0.2, 0.25) is 0 Å². The second-order valence-corrected chi connectivity index (χ2v) is 12.8. The van der Waals surface area contributed by atoms with Crippen molar-refractivity contribution >= 4 is 96.7 Å². The molecule has 1 fully saturated rings. The van der Waals surface area contributed by atoms with E-state index in [1.165, 1.54) is 49.1 Å². The van der Waals surface area contributed by atoms with E-state index in [-0.39, 0.29) is 61.2 Å². The molecule has 0 radical (unpaired) electrons. The number of nitrogens with zero attached hydrogens (tertiary/aromatic N) is 5. The van der Waals surface area contributed by atoms with Crippen LogP contribution in [-0.4, -0.2) is 97.3 Å². The first kappa shape index (κ1) is 32.7. The maximum absolute atomic E-state index is 13.3. The van der Waals surface area contributed by atoms with E-state index in [9.17, 15) is 29.1 Å². The molecule has 2 aliphatic rings. The van der Waals surface area contributed by atoms with Crippen LogP contribution in [0.4, 0.5) is 10.3 Å². The number of hydrogen-bond donors (Lipinski definition) is 4. The molecule has 0 unspecified atom stereocenters. The van der Waals surface area contributed by atoms with Crippen LogP contribution in [0.3, 0.4) is 0 Å². The summed E-state index contributed by atoms with van der Waals surface area (Å²) < 4.78 is 5.08. The second kappa shape index (κ2) is 14.1. The average molecular weight is 707 g/mol. The van der Waals surface area contributed by atoms with Crippen molar-refractivity contribution in [3.05, 3.63) is 57.6 Å². The molecule has 2 aliphatic heterocycles. The SMILES string of the molecule is CO/N=C(\C(=O)N[C@@H]1C(=O)N2C(C(=O)O)=C(CSC(=O)c3ccco3)CS[C@H]12)c1csc(NC(=O)/C(=N/OC)c2csc(N)n2)n1. The molecule has 5 rings (SSSR count). The standard InChI is InChI=1S/C25H22N8O9S4/c1-40-31-14(11-8-45-24(26)27-11)19(35)30-25-28-12(9-46-25)15(32-41-2)18(34)29-16-20(36)33-17(22(37)38)10(6-43-21(16)33)7-44-23(39)13-4-3-5-42-13/h3-5,8-9,16,21H,6-7H2,1-2H3,(H2,26,27)(H,29,34)(H,37,38)(H,28,30,35)/b31-14+,32-15-/t16-,21-/m1/s1. The maximum Gasteiger partial charge on any atom is 0.352 e. The molecule has 5 heterocycles.